The SMILES string of the molecule is c1ccc(-c2cc(-n3c4ccccc4c4c5sc6ccccc6c5c5c(ccc6sc7ccccc7c65)c43)nc(-c3ccccc3)n2)cc1. The van der Waals surface area contributed by atoms with E-state index in [1.807, 2.05) is 34.8 Å². The number of hydrogen-bond donors (Lipinski definition) is 0. The van der Waals surface area contributed by atoms with Crippen molar-refractivity contribution in [1.29, 1.82) is 0 Å². The van der Waals surface area contributed by atoms with Crippen LogP contribution in [-0.4, -0.2) is 14.5 Å². The van der Waals surface area contributed by atoms with Gasteiger partial charge in [0.15, 0.2) is 5.82 Å². The third kappa shape index (κ3) is 3.88. The third-order valence-electron chi connectivity index (χ3n) is 9.79. The number of nitrogens with zero attached hydrogens (tertiary/aromatic N) is 3. The minimum Gasteiger partial charge on any atom is -0.293 e. The number of para-hydroxylation sites is 1. The lowest BCUT2D eigenvalue weighted by molar-refractivity contribution is 1.05. The molecule has 3 nitrogen and oxygen atoms in total. The number of aromatic nitrogens is 3. The Balaban J connectivity index is 1.39. The number of rotatable bonds is 3. The second-order valence-electron chi connectivity index (χ2n) is 12.5. The molecule has 0 unspecified atom stereocenters. The van der Waals surface area contributed by atoms with E-state index in [9.17, 15) is 0 Å². The van der Waals surface area contributed by atoms with Crippen LogP contribution in [0.15, 0.2) is 152 Å². The van der Waals surface area contributed by atoms with Crippen molar-refractivity contribution in [3.05, 3.63) is 152 Å². The van der Waals surface area contributed by atoms with Crippen molar-refractivity contribution in [1.82, 2.24) is 14.5 Å². The Kier molecular flexibility index (Phi) is 5.70. The fraction of sp³-hybridized carbons (Fsp3) is 0. The average molecular weight is 660 g/mol. The van der Waals surface area contributed by atoms with Crippen LogP contribution in [0.5, 0.6) is 0 Å². The van der Waals surface area contributed by atoms with Crippen LogP contribution in [0.4, 0.5) is 0 Å². The molecule has 0 atom stereocenters. The van der Waals surface area contributed by atoms with Crippen molar-refractivity contribution in [3.63, 3.8) is 0 Å². The van der Waals surface area contributed by atoms with Crippen LogP contribution in [-0.2, 0) is 0 Å². The van der Waals surface area contributed by atoms with Gasteiger partial charge in [-0.05, 0) is 24.3 Å². The normalized spacial score (nSPS) is 12.1. The van der Waals surface area contributed by atoms with E-state index < -0.39 is 0 Å². The molecule has 0 radical (unpaired) electrons. The Morgan fingerprint density at radius 3 is 1.84 bits per heavy atom. The highest BCUT2D eigenvalue weighted by Crippen LogP contribution is 2.51. The van der Waals surface area contributed by atoms with Gasteiger partial charge in [-0.3, -0.25) is 4.57 Å². The molecule has 0 aliphatic heterocycles. The van der Waals surface area contributed by atoms with Crippen LogP contribution in [0.1, 0.15) is 0 Å². The average Bonchev–Trinajstić information content (AvgIpc) is 3.85. The lowest BCUT2D eigenvalue weighted by Gasteiger charge is -2.14. The summed E-state index contributed by atoms with van der Waals surface area (Å²) in [5, 5.41) is 10.4. The van der Waals surface area contributed by atoms with Crippen molar-refractivity contribution in [2.45, 2.75) is 0 Å². The van der Waals surface area contributed by atoms with Crippen molar-refractivity contribution in [3.8, 4) is 28.5 Å². The first kappa shape index (κ1) is 27.1. The second kappa shape index (κ2) is 10.3. The summed E-state index contributed by atoms with van der Waals surface area (Å²) < 4.78 is 7.65. The Bertz CT molecular complexity index is 3040. The van der Waals surface area contributed by atoms with Crippen LogP contribution in [0.3, 0.4) is 0 Å². The predicted molar refractivity (Wildman–Crippen MR) is 211 cm³/mol. The molecule has 4 aromatic heterocycles. The summed E-state index contributed by atoms with van der Waals surface area (Å²) in [7, 11) is 0. The number of benzene rings is 7. The van der Waals surface area contributed by atoms with Crippen molar-refractivity contribution < 1.29 is 0 Å². The number of thiophene rings is 2. The molecule has 11 aromatic rings. The minimum atomic E-state index is 0.710. The second-order valence-corrected chi connectivity index (χ2v) is 14.6. The van der Waals surface area contributed by atoms with Crippen LogP contribution in [0.2, 0.25) is 0 Å². The van der Waals surface area contributed by atoms with Crippen LogP contribution < -0.4 is 0 Å². The van der Waals surface area contributed by atoms with Gasteiger partial charge in [0, 0.05) is 79.1 Å². The van der Waals surface area contributed by atoms with E-state index in [-0.39, 0.29) is 0 Å². The smallest absolute Gasteiger partial charge is 0.162 e. The first-order chi connectivity index (χ1) is 24.3. The molecule has 0 amide bonds. The van der Waals surface area contributed by atoms with E-state index in [2.05, 4.69) is 144 Å². The Morgan fingerprint density at radius 2 is 1.06 bits per heavy atom. The Labute approximate surface area is 289 Å². The van der Waals surface area contributed by atoms with E-state index in [1.165, 1.54) is 67.4 Å². The molecule has 7 aromatic carbocycles. The largest absolute Gasteiger partial charge is 0.293 e. The van der Waals surface area contributed by atoms with Gasteiger partial charge in [0.25, 0.3) is 0 Å². The van der Waals surface area contributed by atoms with Gasteiger partial charge in [0.05, 0.1) is 16.7 Å². The number of fused-ring (bicyclic) bond motifs is 14. The van der Waals surface area contributed by atoms with Gasteiger partial charge in [-0.2, -0.15) is 0 Å². The molecule has 0 bridgehead atoms. The van der Waals surface area contributed by atoms with Gasteiger partial charge in [0.2, 0.25) is 0 Å². The summed E-state index contributed by atoms with van der Waals surface area (Å²) in [4.78, 5) is 10.5. The molecule has 11 rings (SSSR count). The predicted octanol–water partition coefficient (Wildman–Crippen LogP) is 12.8. The van der Waals surface area contributed by atoms with Crippen molar-refractivity contribution in [2.75, 3.05) is 0 Å². The quantitative estimate of drug-likeness (QED) is 0.189. The van der Waals surface area contributed by atoms with Crippen molar-refractivity contribution in [2.24, 2.45) is 0 Å². The van der Waals surface area contributed by atoms with Gasteiger partial charge in [-0.25, -0.2) is 9.97 Å². The topological polar surface area (TPSA) is 30.7 Å². The molecule has 49 heavy (non-hydrogen) atoms. The summed E-state index contributed by atoms with van der Waals surface area (Å²) in [5.41, 5.74) is 5.27. The zero-order valence-corrected chi connectivity index (χ0v) is 27.7. The summed E-state index contributed by atoms with van der Waals surface area (Å²) in [5.74, 6) is 1.57. The van der Waals surface area contributed by atoms with Crippen LogP contribution >= 0.6 is 22.7 Å². The molecule has 0 N–H and O–H groups in total. The summed E-state index contributed by atoms with van der Waals surface area (Å²) in [6.07, 6.45) is 0. The highest BCUT2D eigenvalue weighted by atomic mass is 32.1. The molecule has 0 saturated heterocycles. The number of hydrogen-bond acceptors (Lipinski definition) is 4. The summed E-state index contributed by atoms with van der Waals surface area (Å²) >= 11 is 3.78. The van der Waals surface area contributed by atoms with E-state index in [4.69, 9.17) is 9.97 Å². The Hall–Kier alpha value is -5.88. The Morgan fingerprint density at radius 1 is 0.429 bits per heavy atom. The lowest BCUT2D eigenvalue weighted by Crippen LogP contribution is -2.02. The maximum atomic E-state index is 5.36. The fourth-order valence-corrected chi connectivity index (χ4v) is 10.1. The molecule has 0 saturated carbocycles. The van der Waals surface area contributed by atoms with E-state index >= 15 is 0 Å². The fourth-order valence-electron chi connectivity index (χ4n) is 7.73. The highest BCUT2D eigenvalue weighted by molar-refractivity contribution is 7.27. The van der Waals surface area contributed by atoms with Crippen LogP contribution in [0.25, 0.3) is 101 Å². The molecule has 0 spiro atoms. The third-order valence-corrected chi connectivity index (χ3v) is 12.1. The van der Waals surface area contributed by atoms with Gasteiger partial charge in [-0.1, -0.05) is 121 Å². The van der Waals surface area contributed by atoms with Crippen molar-refractivity contribution >= 4 is 95.6 Å². The molecule has 0 aliphatic carbocycles. The lowest BCUT2D eigenvalue weighted by atomic mass is 9.96. The zero-order chi connectivity index (χ0) is 32.1. The molecule has 0 aliphatic rings. The van der Waals surface area contributed by atoms with E-state index in [0.717, 1.165) is 28.2 Å². The zero-order valence-electron chi connectivity index (χ0n) is 26.1. The molecule has 0 fully saturated rings. The molecular weight excluding hydrogens is 635 g/mol. The molecule has 228 valence electrons. The maximum absolute atomic E-state index is 5.36. The standard InChI is InChI=1S/C44H25N3S2/c1-3-13-26(14-4-1)32-25-37(46-44(45-32)27-15-5-2-6-16-27)47-33-20-10-7-17-28(33)41-42(47)31-23-24-36-38(29-18-8-11-21-34(29)48-36)39(31)40-30-19-9-12-22-35(30)49-43(40)41/h1-25H. The summed E-state index contributed by atoms with van der Waals surface area (Å²) in [6, 6.07) is 54.2. The van der Waals surface area contributed by atoms with Gasteiger partial charge >= 0.3 is 0 Å². The summed E-state index contributed by atoms with van der Waals surface area (Å²) in [6.45, 7) is 0. The van der Waals surface area contributed by atoms with Gasteiger partial charge in [0.1, 0.15) is 5.82 Å². The molecular formula is C44H25N3S2. The molecule has 4 heterocycles. The first-order valence-corrected chi connectivity index (χ1v) is 18.1. The van der Waals surface area contributed by atoms with Crippen LogP contribution in [0, 0.1) is 0 Å². The molecule has 5 heteroatoms. The van der Waals surface area contributed by atoms with E-state index in [1.54, 1.807) is 0 Å². The van der Waals surface area contributed by atoms with Gasteiger partial charge in [-0.15, -0.1) is 22.7 Å². The first-order valence-electron chi connectivity index (χ1n) is 16.4. The van der Waals surface area contributed by atoms with E-state index in [0.29, 0.717) is 5.82 Å². The minimum absolute atomic E-state index is 0.710. The monoisotopic (exact) mass is 659 g/mol. The van der Waals surface area contributed by atoms with Gasteiger partial charge < -0.3 is 0 Å². The maximum Gasteiger partial charge on any atom is 0.162 e. The highest BCUT2D eigenvalue weighted by Gasteiger charge is 2.25.